The highest BCUT2D eigenvalue weighted by Gasteiger charge is 2.23. The molecule has 0 fully saturated rings. The first-order valence-electron chi connectivity index (χ1n) is 19.3. The van der Waals surface area contributed by atoms with Crippen LogP contribution in [0, 0.1) is 5.92 Å². The van der Waals surface area contributed by atoms with Crippen LogP contribution < -0.4 is 5.73 Å². The van der Waals surface area contributed by atoms with E-state index in [1.807, 2.05) is 0 Å². The van der Waals surface area contributed by atoms with Gasteiger partial charge in [-0.3, -0.25) is 5.73 Å². The Hall–Kier alpha value is -0.160. The van der Waals surface area contributed by atoms with E-state index in [9.17, 15) is 10.2 Å². The highest BCUT2D eigenvalue weighted by molar-refractivity contribution is 4.66. The van der Waals surface area contributed by atoms with Crippen molar-refractivity contribution in [1.29, 1.82) is 0 Å². The van der Waals surface area contributed by atoms with Crippen LogP contribution in [0.2, 0.25) is 0 Å². The van der Waals surface area contributed by atoms with Crippen molar-refractivity contribution in [3.8, 4) is 0 Å². The molecule has 0 saturated heterocycles. The molecule has 0 aromatic carbocycles. The van der Waals surface area contributed by atoms with Crippen molar-refractivity contribution in [2.75, 3.05) is 13.2 Å². The summed E-state index contributed by atoms with van der Waals surface area (Å²) in [5.74, 6) is -1.96. The van der Waals surface area contributed by atoms with Gasteiger partial charge in [-0.2, -0.15) is 0 Å². The van der Waals surface area contributed by atoms with Gasteiger partial charge in [0, 0.05) is 19.6 Å². The van der Waals surface area contributed by atoms with Gasteiger partial charge in [-0.25, -0.2) is 0 Å². The average Bonchev–Trinajstić information content (AvgIpc) is 2.95. The topological polar surface area (TPSA) is 75.7 Å². The van der Waals surface area contributed by atoms with Crippen LogP contribution in [0.3, 0.4) is 0 Å². The zero-order valence-corrected chi connectivity index (χ0v) is 29.0. The van der Waals surface area contributed by atoms with E-state index in [0.717, 1.165) is 25.9 Å². The fourth-order valence-corrected chi connectivity index (χ4v) is 6.30. The molecule has 1 unspecified atom stereocenters. The third kappa shape index (κ3) is 36.0. The summed E-state index contributed by atoms with van der Waals surface area (Å²) in [7, 11) is 0. The van der Waals surface area contributed by atoms with E-state index in [1.54, 1.807) is 0 Å². The summed E-state index contributed by atoms with van der Waals surface area (Å²) < 4.78 is 5.95. The molecule has 1 atom stereocenters. The van der Waals surface area contributed by atoms with Gasteiger partial charge in [-0.15, -0.1) is 0 Å². The van der Waals surface area contributed by atoms with Crippen molar-refractivity contribution in [1.82, 2.24) is 0 Å². The number of aliphatic hydroxyl groups is 2. The molecule has 0 spiro atoms. The second-order valence-corrected chi connectivity index (χ2v) is 13.7. The monoisotopic (exact) mass is 598 g/mol. The highest BCUT2D eigenvalue weighted by Crippen LogP contribution is 2.20. The second kappa shape index (κ2) is 33.7. The maximum atomic E-state index is 9.73. The molecule has 0 aromatic rings. The van der Waals surface area contributed by atoms with Gasteiger partial charge in [0.15, 0.2) is 0 Å². The molecule has 4 heteroatoms. The molecule has 254 valence electrons. The number of nitrogens with two attached hydrogens (primary N) is 1. The van der Waals surface area contributed by atoms with E-state index in [-0.39, 0.29) is 12.3 Å². The zero-order valence-electron chi connectivity index (χ0n) is 29.0. The Kier molecular flexibility index (Phi) is 33.6. The van der Waals surface area contributed by atoms with Crippen molar-refractivity contribution in [3.05, 3.63) is 0 Å². The quantitative estimate of drug-likeness (QED) is 0.0496. The highest BCUT2D eigenvalue weighted by atomic mass is 16.5. The minimum Gasteiger partial charge on any atom is -0.381 e. The first kappa shape index (κ1) is 41.8. The predicted molar refractivity (Wildman–Crippen MR) is 185 cm³/mol. The maximum absolute atomic E-state index is 9.73. The van der Waals surface area contributed by atoms with Crippen molar-refractivity contribution in [2.45, 2.75) is 225 Å². The number of hydrogen-bond acceptors (Lipinski definition) is 4. The first-order valence-corrected chi connectivity index (χ1v) is 19.3. The normalized spacial score (nSPS) is 12.8. The zero-order chi connectivity index (χ0) is 30.8. The molecule has 0 saturated carbocycles. The first-order chi connectivity index (χ1) is 20.5. The van der Waals surface area contributed by atoms with E-state index in [2.05, 4.69) is 13.8 Å². The van der Waals surface area contributed by atoms with Crippen LogP contribution >= 0.6 is 0 Å². The van der Waals surface area contributed by atoms with Gasteiger partial charge in [0.05, 0.1) is 0 Å². The van der Waals surface area contributed by atoms with E-state index < -0.39 is 5.91 Å². The van der Waals surface area contributed by atoms with Gasteiger partial charge in [0.1, 0.15) is 0 Å². The lowest BCUT2D eigenvalue weighted by atomic mass is 9.96. The summed E-state index contributed by atoms with van der Waals surface area (Å²) in [6, 6.07) is 0. The molecular formula is C38H79NO3. The van der Waals surface area contributed by atoms with E-state index in [1.165, 1.54) is 180 Å². The van der Waals surface area contributed by atoms with Gasteiger partial charge < -0.3 is 14.9 Å². The Bertz CT molecular complexity index is 493. The van der Waals surface area contributed by atoms with Crippen LogP contribution in [0.5, 0.6) is 0 Å². The minimum absolute atomic E-state index is 0.128. The standard InChI is InChI=1S/C38H79NO3/c1-3-5-7-9-11-13-15-17-19-20-22-24-26-28-30-32-34-42-36-37(35-38(39,40)41)33-31-29-27-25-23-21-18-16-14-12-10-8-6-4-2/h37,40-41H,3-36,39H2,1-2H3. The minimum atomic E-state index is -2.09. The van der Waals surface area contributed by atoms with Gasteiger partial charge in [0.2, 0.25) is 5.91 Å². The molecule has 0 radical (unpaired) electrons. The molecule has 0 amide bonds. The Labute approximate surface area is 264 Å². The largest absolute Gasteiger partial charge is 0.381 e. The fourth-order valence-electron chi connectivity index (χ4n) is 6.30. The molecule has 0 bridgehead atoms. The fraction of sp³-hybridized carbons (Fsp3) is 1.00. The van der Waals surface area contributed by atoms with Crippen molar-refractivity contribution < 1.29 is 14.9 Å². The van der Waals surface area contributed by atoms with Crippen molar-refractivity contribution in [3.63, 3.8) is 0 Å². The summed E-state index contributed by atoms with van der Waals surface area (Å²) in [4.78, 5) is 0. The lowest BCUT2D eigenvalue weighted by molar-refractivity contribution is -0.172. The molecule has 4 N–H and O–H groups in total. The molecule has 0 heterocycles. The van der Waals surface area contributed by atoms with Crippen molar-refractivity contribution in [2.24, 2.45) is 11.7 Å². The van der Waals surface area contributed by atoms with E-state index in [4.69, 9.17) is 10.5 Å². The molecule has 42 heavy (non-hydrogen) atoms. The number of unbranched alkanes of at least 4 members (excludes halogenated alkanes) is 28. The third-order valence-electron chi connectivity index (χ3n) is 9.05. The lowest BCUT2D eigenvalue weighted by Gasteiger charge is -2.23. The van der Waals surface area contributed by atoms with Crippen LogP contribution in [0.25, 0.3) is 0 Å². The molecular weight excluding hydrogens is 518 g/mol. The summed E-state index contributed by atoms with van der Waals surface area (Å²) in [5, 5.41) is 19.5. The van der Waals surface area contributed by atoms with Gasteiger partial charge >= 0.3 is 0 Å². The van der Waals surface area contributed by atoms with E-state index in [0.29, 0.717) is 6.61 Å². The van der Waals surface area contributed by atoms with Gasteiger partial charge in [-0.05, 0) is 18.8 Å². The SMILES string of the molecule is CCCCCCCCCCCCCCCCCCOCC(CCCCCCCCCCCCCCCC)CC(N)(O)O. The van der Waals surface area contributed by atoms with Gasteiger partial charge in [-0.1, -0.05) is 200 Å². The van der Waals surface area contributed by atoms with Crippen LogP contribution in [-0.2, 0) is 4.74 Å². The Balaban J connectivity index is 3.56. The van der Waals surface area contributed by atoms with Crippen LogP contribution in [-0.4, -0.2) is 29.3 Å². The molecule has 0 aliphatic heterocycles. The lowest BCUT2D eigenvalue weighted by Crippen LogP contribution is -2.41. The van der Waals surface area contributed by atoms with Crippen LogP contribution in [0.15, 0.2) is 0 Å². The summed E-state index contributed by atoms with van der Waals surface area (Å²) >= 11 is 0. The summed E-state index contributed by atoms with van der Waals surface area (Å²) in [6.45, 7) is 5.95. The Morgan fingerprint density at radius 2 is 0.738 bits per heavy atom. The number of ether oxygens (including phenoxy) is 1. The average molecular weight is 598 g/mol. The predicted octanol–water partition coefficient (Wildman–Crippen LogP) is 11.7. The van der Waals surface area contributed by atoms with Crippen LogP contribution in [0.4, 0.5) is 0 Å². The van der Waals surface area contributed by atoms with E-state index >= 15 is 0 Å². The maximum Gasteiger partial charge on any atom is 0.220 e. The summed E-state index contributed by atoms with van der Waals surface area (Å²) in [6.07, 6.45) is 42.2. The number of rotatable bonds is 36. The second-order valence-electron chi connectivity index (χ2n) is 13.7. The number of hydrogen-bond donors (Lipinski definition) is 3. The Morgan fingerprint density at radius 3 is 1.05 bits per heavy atom. The molecule has 0 aliphatic rings. The molecule has 0 aliphatic carbocycles. The van der Waals surface area contributed by atoms with Crippen LogP contribution in [0.1, 0.15) is 219 Å². The van der Waals surface area contributed by atoms with Crippen molar-refractivity contribution >= 4 is 0 Å². The van der Waals surface area contributed by atoms with Gasteiger partial charge in [0.25, 0.3) is 0 Å². The third-order valence-corrected chi connectivity index (χ3v) is 9.05. The summed E-state index contributed by atoms with van der Waals surface area (Å²) in [5.41, 5.74) is 5.51. The molecule has 0 aromatic heterocycles. The molecule has 0 rings (SSSR count). The smallest absolute Gasteiger partial charge is 0.220 e. The molecule has 4 nitrogen and oxygen atoms in total. The Morgan fingerprint density at radius 1 is 0.452 bits per heavy atom.